The Morgan fingerprint density at radius 2 is 1.71 bits per heavy atom. The summed E-state index contributed by atoms with van der Waals surface area (Å²) in [6, 6.07) is 18.6. The average Bonchev–Trinajstić information content (AvgIpc) is 3.36. The maximum absolute atomic E-state index is 6.20. The molecular formula is C19H18ClN3O. The summed E-state index contributed by atoms with van der Waals surface area (Å²) in [7, 11) is 0. The van der Waals surface area contributed by atoms with E-state index in [4.69, 9.17) is 16.0 Å². The van der Waals surface area contributed by atoms with E-state index in [2.05, 4.69) is 39.4 Å². The van der Waals surface area contributed by atoms with Crippen LogP contribution in [0, 0.1) is 0 Å². The van der Waals surface area contributed by atoms with Crippen molar-refractivity contribution in [1.82, 2.24) is 15.1 Å². The molecule has 24 heavy (non-hydrogen) atoms. The molecule has 122 valence electrons. The molecule has 0 spiro atoms. The molecule has 5 heteroatoms. The third-order valence-corrected chi connectivity index (χ3v) is 4.53. The Balaban J connectivity index is 1.50. The van der Waals surface area contributed by atoms with E-state index in [1.807, 2.05) is 30.3 Å². The fourth-order valence-electron chi connectivity index (χ4n) is 2.81. The zero-order chi connectivity index (χ0) is 16.4. The van der Waals surface area contributed by atoms with Crippen LogP contribution in [-0.4, -0.2) is 21.1 Å². The lowest BCUT2D eigenvalue weighted by atomic mass is 10.2. The minimum absolute atomic E-state index is 0.478. The molecule has 1 aliphatic rings. The van der Waals surface area contributed by atoms with Gasteiger partial charge >= 0.3 is 0 Å². The van der Waals surface area contributed by atoms with E-state index >= 15 is 0 Å². The second-order valence-electron chi connectivity index (χ2n) is 6.10. The molecule has 0 unspecified atom stereocenters. The molecule has 0 amide bonds. The van der Waals surface area contributed by atoms with Gasteiger partial charge in [-0.3, -0.25) is 4.90 Å². The van der Waals surface area contributed by atoms with E-state index in [1.54, 1.807) is 0 Å². The van der Waals surface area contributed by atoms with Gasteiger partial charge in [0.1, 0.15) is 0 Å². The largest absolute Gasteiger partial charge is 0.419 e. The quantitative estimate of drug-likeness (QED) is 0.660. The minimum atomic E-state index is 0.478. The zero-order valence-electron chi connectivity index (χ0n) is 13.2. The number of hydrogen-bond acceptors (Lipinski definition) is 4. The molecule has 0 radical (unpaired) electrons. The molecule has 0 saturated heterocycles. The molecule has 0 aliphatic heterocycles. The summed E-state index contributed by atoms with van der Waals surface area (Å²) in [5.41, 5.74) is 2.08. The van der Waals surface area contributed by atoms with Gasteiger partial charge in [-0.2, -0.15) is 0 Å². The summed E-state index contributed by atoms with van der Waals surface area (Å²) in [4.78, 5) is 2.40. The summed E-state index contributed by atoms with van der Waals surface area (Å²) < 4.78 is 5.85. The molecule has 1 fully saturated rings. The first-order valence-corrected chi connectivity index (χ1v) is 8.52. The smallest absolute Gasteiger partial charge is 0.249 e. The number of benzene rings is 2. The maximum atomic E-state index is 6.20. The van der Waals surface area contributed by atoms with E-state index in [0.29, 0.717) is 29.4 Å². The molecule has 0 N–H and O–H groups in total. The molecule has 1 aliphatic carbocycles. The van der Waals surface area contributed by atoms with Crippen LogP contribution in [0.2, 0.25) is 5.02 Å². The number of hydrogen-bond donors (Lipinski definition) is 0. The third kappa shape index (κ3) is 3.50. The zero-order valence-corrected chi connectivity index (χ0v) is 14.0. The minimum Gasteiger partial charge on any atom is -0.419 e. The van der Waals surface area contributed by atoms with E-state index in [1.165, 1.54) is 18.4 Å². The monoisotopic (exact) mass is 339 g/mol. The summed E-state index contributed by atoms with van der Waals surface area (Å²) in [6.07, 6.45) is 2.47. The maximum Gasteiger partial charge on any atom is 0.249 e. The molecule has 1 aromatic heterocycles. The fourth-order valence-corrected chi connectivity index (χ4v) is 3.02. The standard InChI is InChI=1S/C19H18ClN3O/c20-17-9-5-4-8-16(17)19-22-21-18(24-19)13-23(15-10-11-15)12-14-6-2-1-3-7-14/h1-9,15H,10-13H2. The van der Waals surface area contributed by atoms with Crippen LogP contribution < -0.4 is 0 Å². The SMILES string of the molecule is Clc1ccccc1-c1nnc(CN(Cc2ccccc2)C2CC2)o1. The van der Waals surface area contributed by atoms with E-state index in [-0.39, 0.29) is 0 Å². The number of halogens is 1. The fraction of sp³-hybridized carbons (Fsp3) is 0.263. The summed E-state index contributed by atoms with van der Waals surface area (Å²) in [5, 5.41) is 8.99. The number of aromatic nitrogens is 2. The predicted octanol–water partition coefficient (Wildman–Crippen LogP) is 4.55. The number of rotatable bonds is 6. The second kappa shape index (κ2) is 6.75. The highest BCUT2D eigenvalue weighted by atomic mass is 35.5. The summed E-state index contributed by atoms with van der Waals surface area (Å²) in [6.45, 7) is 1.56. The Morgan fingerprint density at radius 3 is 2.46 bits per heavy atom. The topological polar surface area (TPSA) is 42.2 Å². The molecule has 4 rings (SSSR count). The highest BCUT2D eigenvalue weighted by Crippen LogP contribution is 2.31. The van der Waals surface area contributed by atoms with Gasteiger partial charge in [-0.15, -0.1) is 10.2 Å². The summed E-state index contributed by atoms with van der Waals surface area (Å²) in [5.74, 6) is 1.11. The second-order valence-corrected chi connectivity index (χ2v) is 6.51. The van der Waals surface area contributed by atoms with Crippen molar-refractivity contribution in [2.45, 2.75) is 32.0 Å². The van der Waals surface area contributed by atoms with Crippen molar-refractivity contribution in [3.8, 4) is 11.5 Å². The highest BCUT2D eigenvalue weighted by molar-refractivity contribution is 6.33. The van der Waals surface area contributed by atoms with Crippen LogP contribution in [0.3, 0.4) is 0 Å². The first-order valence-electron chi connectivity index (χ1n) is 8.15. The average molecular weight is 340 g/mol. The van der Waals surface area contributed by atoms with Crippen LogP contribution in [0.15, 0.2) is 59.0 Å². The molecule has 3 aromatic rings. The lowest BCUT2D eigenvalue weighted by molar-refractivity contribution is 0.221. The van der Waals surface area contributed by atoms with Gasteiger partial charge in [-0.1, -0.05) is 54.1 Å². The Labute approximate surface area is 146 Å². The van der Waals surface area contributed by atoms with E-state index in [0.717, 1.165) is 12.1 Å². The van der Waals surface area contributed by atoms with Gasteiger partial charge in [0.2, 0.25) is 11.8 Å². The van der Waals surface area contributed by atoms with Crippen molar-refractivity contribution in [3.63, 3.8) is 0 Å². The molecule has 0 bridgehead atoms. The van der Waals surface area contributed by atoms with Crippen molar-refractivity contribution in [1.29, 1.82) is 0 Å². The Hall–Kier alpha value is -2.17. The third-order valence-electron chi connectivity index (χ3n) is 4.20. The van der Waals surface area contributed by atoms with Crippen molar-refractivity contribution in [2.24, 2.45) is 0 Å². The van der Waals surface area contributed by atoms with Gasteiger partial charge in [-0.25, -0.2) is 0 Å². The van der Waals surface area contributed by atoms with Crippen molar-refractivity contribution in [3.05, 3.63) is 71.1 Å². The molecule has 4 nitrogen and oxygen atoms in total. The predicted molar refractivity (Wildman–Crippen MR) is 93.5 cm³/mol. The molecule has 1 heterocycles. The van der Waals surface area contributed by atoms with E-state index in [9.17, 15) is 0 Å². The van der Waals surface area contributed by atoms with Gasteiger partial charge in [0.05, 0.1) is 17.1 Å². The van der Waals surface area contributed by atoms with Gasteiger partial charge in [0, 0.05) is 12.6 Å². The van der Waals surface area contributed by atoms with Crippen LogP contribution in [0.25, 0.3) is 11.5 Å². The lowest BCUT2D eigenvalue weighted by Crippen LogP contribution is -2.25. The van der Waals surface area contributed by atoms with Crippen LogP contribution in [0.5, 0.6) is 0 Å². The molecular weight excluding hydrogens is 322 g/mol. The Kier molecular flexibility index (Phi) is 4.32. The highest BCUT2D eigenvalue weighted by Gasteiger charge is 2.30. The first-order chi connectivity index (χ1) is 11.8. The van der Waals surface area contributed by atoms with Gasteiger partial charge in [0.15, 0.2) is 0 Å². The van der Waals surface area contributed by atoms with Crippen LogP contribution in [0.1, 0.15) is 24.3 Å². The van der Waals surface area contributed by atoms with Gasteiger partial charge < -0.3 is 4.42 Å². The lowest BCUT2D eigenvalue weighted by Gasteiger charge is -2.19. The normalized spacial score (nSPS) is 14.2. The Bertz CT molecular complexity index is 814. The van der Waals surface area contributed by atoms with Crippen molar-refractivity contribution < 1.29 is 4.42 Å². The van der Waals surface area contributed by atoms with Crippen molar-refractivity contribution in [2.75, 3.05) is 0 Å². The van der Waals surface area contributed by atoms with Gasteiger partial charge in [0.25, 0.3) is 0 Å². The first kappa shape index (κ1) is 15.4. The number of nitrogens with zero attached hydrogens (tertiary/aromatic N) is 3. The van der Waals surface area contributed by atoms with Gasteiger partial charge in [-0.05, 0) is 30.5 Å². The van der Waals surface area contributed by atoms with Crippen LogP contribution in [0.4, 0.5) is 0 Å². The van der Waals surface area contributed by atoms with Crippen molar-refractivity contribution >= 4 is 11.6 Å². The summed E-state index contributed by atoms with van der Waals surface area (Å²) >= 11 is 6.20. The van der Waals surface area contributed by atoms with Crippen LogP contribution in [-0.2, 0) is 13.1 Å². The van der Waals surface area contributed by atoms with Crippen LogP contribution >= 0.6 is 11.6 Å². The van der Waals surface area contributed by atoms with E-state index < -0.39 is 0 Å². The Morgan fingerprint density at radius 1 is 0.958 bits per heavy atom. The molecule has 0 atom stereocenters. The molecule has 2 aromatic carbocycles. The molecule has 1 saturated carbocycles.